The Hall–Kier alpha value is -1.26. The molecule has 25 heavy (non-hydrogen) atoms. The normalized spacial score (nSPS) is 13.1. The molecule has 0 aliphatic heterocycles. The van der Waals surface area contributed by atoms with Crippen LogP contribution in [0, 0.1) is 0 Å². The molecule has 0 bridgehead atoms. The van der Waals surface area contributed by atoms with Crippen LogP contribution in [0.2, 0.25) is 0 Å². The van der Waals surface area contributed by atoms with Gasteiger partial charge in [-0.15, -0.1) is 0 Å². The summed E-state index contributed by atoms with van der Waals surface area (Å²) in [5, 5.41) is 13.9. The zero-order valence-electron chi connectivity index (χ0n) is 16.2. The Morgan fingerprint density at radius 2 is 1.64 bits per heavy atom. The highest BCUT2D eigenvalue weighted by Gasteiger charge is 2.13. The van der Waals surface area contributed by atoms with Crippen molar-refractivity contribution < 1.29 is 14.6 Å². The first-order valence-corrected chi connectivity index (χ1v) is 9.93. The summed E-state index contributed by atoms with van der Waals surface area (Å²) in [6, 6.07) is -0.0921. The Kier molecular flexibility index (Phi) is 16.7. The van der Waals surface area contributed by atoms with E-state index in [1.807, 2.05) is 0 Å². The van der Waals surface area contributed by atoms with Crippen molar-refractivity contribution in [2.45, 2.75) is 109 Å². The van der Waals surface area contributed by atoms with Crippen molar-refractivity contribution >= 4 is 5.97 Å². The number of carbonyl (C=O) groups is 1. The number of azide groups is 1. The van der Waals surface area contributed by atoms with Crippen molar-refractivity contribution in [3.8, 4) is 0 Å². The molecule has 2 unspecified atom stereocenters. The zero-order valence-corrected chi connectivity index (χ0v) is 16.2. The van der Waals surface area contributed by atoms with Crippen LogP contribution in [0.15, 0.2) is 5.11 Å². The van der Waals surface area contributed by atoms with Crippen molar-refractivity contribution in [3.63, 3.8) is 0 Å². The second-order valence-corrected chi connectivity index (χ2v) is 6.83. The summed E-state index contributed by atoms with van der Waals surface area (Å²) in [6.07, 6.45) is 13.3. The number of aliphatic hydroxyl groups excluding tert-OH is 1. The Morgan fingerprint density at radius 3 is 2.28 bits per heavy atom. The van der Waals surface area contributed by atoms with Crippen LogP contribution >= 0.6 is 0 Å². The molecule has 146 valence electrons. The second kappa shape index (κ2) is 17.6. The molecule has 0 aromatic heterocycles. The van der Waals surface area contributed by atoms with Crippen LogP contribution in [0.1, 0.15) is 96.8 Å². The summed E-state index contributed by atoms with van der Waals surface area (Å²) < 4.78 is 4.61. The van der Waals surface area contributed by atoms with E-state index in [1.165, 1.54) is 20.0 Å². The number of hydrogen-bond acceptors (Lipinski definition) is 4. The van der Waals surface area contributed by atoms with Gasteiger partial charge in [0.05, 0.1) is 13.2 Å². The number of unbranched alkanes of at least 4 members (excludes halogenated alkanes) is 8. The van der Waals surface area contributed by atoms with Crippen molar-refractivity contribution in [2.24, 2.45) is 5.11 Å². The lowest BCUT2D eigenvalue weighted by Gasteiger charge is -2.16. The predicted molar refractivity (Wildman–Crippen MR) is 101 cm³/mol. The van der Waals surface area contributed by atoms with Crippen LogP contribution < -0.4 is 0 Å². The number of hydrogen-bond donors (Lipinski definition) is 1. The second-order valence-electron chi connectivity index (χ2n) is 6.83. The van der Waals surface area contributed by atoms with Gasteiger partial charge in [0.1, 0.15) is 0 Å². The quantitative estimate of drug-likeness (QED) is 0.119. The van der Waals surface area contributed by atoms with E-state index in [0.717, 1.165) is 64.2 Å². The number of ether oxygens (including phenoxy) is 1. The molecule has 0 heterocycles. The van der Waals surface area contributed by atoms with Gasteiger partial charge >= 0.3 is 5.97 Å². The van der Waals surface area contributed by atoms with E-state index < -0.39 is 0 Å². The van der Waals surface area contributed by atoms with E-state index in [0.29, 0.717) is 12.8 Å². The molecule has 0 rings (SSSR count). The zero-order chi connectivity index (χ0) is 18.8. The third kappa shape index (κ3) is 16.0. The number of esters is 1. The molecule has 1 N–H and O–H groups in total. The predicted octanol–water partition coefficient (Wildman–Crippen LogP) is 5.68. The molecule has 0 saturated carbocycles. The van der Waals surface area contributed by atoms with Gasteiger partial charge in [0.2, 0.25) is 0 Å². The largest absolute Gasteiger partial charge is 0.469 e. The molecule has 0 aromatic rings. The minimum atomic E-state index is -0.356. The highest BCUT2D eigenvalue weighted by atomic mass is 16.5. The number of carbonyl (C=O) groups excluding carboxylic acids is 1. The third-order valence-electron chi connectivity index (χ3n) is 4.55. The minimum Gasteiger partial charge on any atom is -0.469 e. The maximum atomic E-state index is 11.0. The van der Waals surface area contributed by atoms with Gasteiger partial charge in [-0.1, -0.05) is 69.8 Å². The molecular weight excluding hydrogens is 318 g/mol. The minimum absolute atomic E-state index is 0.0921. The van der Waals surface area contributed by atoms with E-state index in [9.17, 15) is 9.90 Å². The number of nitrogens with zero attached hydrogens (tertiary/aromatic N) is 3. The number of methoxy groups -OCH3 is 1. The molecule has 6 heteroatoms. The van der Waals surface area contributed by atoms with Crippen LogP contribution in [0.3, 0.4) is 0 Å². The molecule has 0 spiro atoms. The van der Waals surface area contributed by atoms with Crippen molar-refractivity contribution in [1.82, 2.24) is 0 Å². The molecule has 2 atom stereocenters. The lowest BCUT2D eigenvalue weighted by molar-refractivity contribution is -0.140. The Labute approximate surface area is 153 Å². The van der Waals surface area contributed by atoms with E-state index in [-0.39, 0.29) is 18.1 Å². The van der Waals surface area contributed by atoms with E-state index >= 15 is 0 Å². The molecule has 0 saturated heterocycles. The van der Waals surface area contributed by atoms with E-state index in [4.69, 9.17) is 5.53 Å². The fraction of sp³-hybridized carbons (Fsp3) is 0.947. The molecular formula is C19H37N3O3. The number of aliphatic hydroxyl groups is 1. The van der Waals surface area contributed by atoms with Crippen LogP contribution in [-0.2, 0) is 9.53 Å². The lowest BCUT2D eigenvalue weighted by atomic mass is 9.99. The first-order valence-electron chi connectivity index (χ1n) is 9.93. The molecule has 6 nitrogen and oxygen atoms in total. The van der Waals surface area contributed by atoms with Gasteiger partial charge in [-0.25, -0.2) is 0 Å². The highest BCUT2D eigenvalue weighted by molar-refractivity contribution is 5.68. The molecule has 0 aliphatic carbocycles. The van der Waals surface area contributed by atoms with Crippen LogP contribution in [0.5, 0.6) is 0 Å². The van der Waals surface area contributed by atoms with E-state index in [2.05, 4.69) is 21.7 Å². The fourth-order valence-electron chi connectivity index (χ4n) is 2.99. The topological polar surface area (TPSA) is 95.3 Å². The van der Waals surface area contributed by atoms with Gasteiger partial charge < -0.3 is 9.84 Å². The maximum Gasteiger partial charge on any atom is 0.305 e. The molecule has 0 radical (unpaired) electrons. The summed E-state index contributed by atoms with van der Waals surface area (Å²) in [5.74, 6) is -0.134. The monoisotopic (exact) mass is 355 g/mol. The first-order chi connectivity index (χ1) is 12.1. The SMILES string of the molecule is CCCCCCC(O)CC(CCCCCCCCC(=O)OC)N=[N+]=[N-]. The smallest absolute Gasteiger partial charge is 0.305 e. The first kappa shape index (κ1) is 23.7. The van der Waals surface area contributed by atoms with Crippen LogP contribution in [-0.4, -0.2) is 30.3 Å². The summed E-state index contributed by atoms with van der Waals surface area (Å²) in [6.45, 7) is 2.17. The average molecular weight is 356 g/mol. The van der Waals surface area contributed by atoms with Crippen molar-refractivity contribution in [1.29, 1.82) is 0 Å². The molecule has 0 amide bonds. The van der Waals surface area contributed by atoms with Gasteiger partial charge in [0, 0.05) is 17.4 Å². The maximum absolute atomic E-state index is 11.0. The molecule has 0 aliphatic rings. The van der Waals surface area contributed by atoms with Gasteiger partial charge in [-0.05, 0) is 31.2 Å². The third-order valence-corrected chi connectivity index (χ3v) is 4.55. The van der Waals surface area contributed by atoms with Gasteiger partial charge in [-0.2, -0.15) is 0 Å². The molecule has 0 fully saturated rings. The summed E-state index contributed by atoms with van der Waals surface area (Å²) in [5.41, 5.74) is 8.70. The Bertz CT molecular complexity index is 371. The Balaban J connectivity index is 3.71. The van der Waals surface area contributed by atoms with Gasteiger partial charge in [0.15, 0.2) is 0 Å². The van der Waals surface area contributed by atoms with Crippen molar-refractivity contribution in [2.75, 3.05) is 7.11 Å². The van der Waals surface area contributed by atoms with Crippen LogP contribution in [0.25, 0.3) is 10.4 Å². The molecule has 0 aromatic carbocycles. The highest BCUT2D eigenvalue weighted by Crippen LogP contribution is 2.17. The van der Waals surface area contributed by atoms with Gasteiger partial charge in [0.25, 0.3) is 0 Å². The van der Waals surface area contributed by atoms with Crippen molar-refractivity contribution in [3.05, 3.63) is 10.4 Å². The lowest BCUT2D eigenvalue weighted by Crippen LogP contribution is -2.16. The average Bonchev–Trinajstić information content (AvgIpc) is 2.60. The summed E-state index contributed by atoms with van der Waals surface area (Å²) >= 11 is 0. The fourth-order valence-corrected chi connectivity index (χ4v) is 2.99. The van der Waals surface area contributed by atoms with E-state index in [1.54, 1.807) is 0 Å². The summed E-state index contributed by atoms with van der Waals surface area (Å²) in [4.78, 5) is 13.9. The number of rotatable bonds is 17. The van der Waals surface area contributed by atoms with Gasteiger partial charge in [-0.3, -0.25) is 4.79 Å². The standard InChI is InChI=1S/C19H37N3O3/c1-3-4-5-11-14-18(23)16-17(21-22-20)13-10-8-6-7-9-12-15-19(24)25-2/h17-18,23H,3-16H2,1-2H3. The Morgan fingerprint density at radius 1 is 1.04 bits per heavy atom. The summed E-state index contributed by atoms with van der Waals surface area (Å²) in [7, 11) is 1.42. The van der Waals surface area contributed by atoms with Crippen LogP contribution in [0.4, 0.5) is 0 Å².